The highest BCUT2D eigenvalue weighted by Gasteiger charge is 2.23. The molecule has 1 atom stereocenters. The predicted molar refractivity (Wildman–Crippen MR) is 164 cm³/mol. The first-order valence-corrected chi connectivity index (χ1v) is 13.8. The quantitative estimate of drug-likeness (QED) is 0.0940. The number of hydrogen-bond donors (Lipinski definition) is 5. The number of benzene rings is 5. The van der Waals surface area contributed by atoms with E-state index in [1.54, 1.807) is 78.9 Å². The highest BCUT2D eigenvalue weighted by molar-refractivity contribution is 8.00. The number of amides is 2. The fraction of sp³-hybridized carbons (Fsp3) is 0.0303. The van der Waals surface area contributed by atoms with E-state index in [4.69, 9.17) is 0 Å². The van der Waals surface area contributed by atoms with Crippen LogP contribution in [0.2, 0.25) is 0 Å². The second-order valence-electron chi connectivity index (χ2n) is 9.43. The number of carbonyl (C=O) groups excluding carboxylic acids is 2. The fourth-order valence-corrected chi connectivity index (χ4v) is 5.58. The number of rotatable bonds is 9. The Morgan fingerprint density at radius 1 is 0.628 bits per heavy atom. The Labute approximate surface area is 249 Å². The number of phenols is 1. The number of carbonyl (C=O) groups is 4. The van der Waals surface area contributed by atoms with Gasteiger partial charge in [0.15, 0.2) is 0 Å². The summed E-state index contributed by atoms with van der Waals surface area (Å²) in [7, 11) is 0. The van der Waals surface area contributed by atoms with E-state index in [9.17, 15) is 34.5 Å². The number of anilines is 2. The maximum absolute atomic E-state index is 13.4. The van der Waals surface area contributed by atoms with Gasteiger partial charge in [0, 0.05) is 27.2 Å². The third-order valence-electron chi connectivity index (χ3n) is 6.58. The lowest BCUT2D eigenvalue weighted by molar-refractivity contribution is -0.115. The largest absolute Gasteiger partial charge is 0.507 e. The smallest absolute Gasteiger partial charge is 0.339 e. The van der Waals surface area contributed by atoms with Crippen LogP contribution in [0.25, 0.3) is 10.8 Å². The molecule has 5 rings (SSSR count). The molecule has 0 bridgehead atoms. The van der Waals surface area contributed by atoms with Crippen molar-refractivity contribution in [3.63, 3.8) is 0 Å². The van der Waals surface area contributed by atoms with Gasteiger partial charge >= 0.3 is 11.9 Å². The zero-order valence-electron chi connectivity index (χ0n) is 22.4. The van der Waals surface area contributed by atoms with Gasteiger partial charge in [-0.25, -0.2) is 9.59 Å². The zero-order valence-corrected chi connectivity index (χ0v) is 23.2. The van der Waals surface area contributed by atoms with Crippen LogP contribution in [0.3, 0.4) is 0 Å². The average molecular weight is 593 g/mol. The molecule has 214 valence electrons. The van der Waals surface area contributed by atoms with Crippen molar-refractivity contribution in [1.29, 1.82) is 0 Å². The standard InChI is InChI=1S/C33H24N2O7S/c36-27-17-14-22(18-26(27)33(41)42)35-31(38)29(20-6-2-1-3-7-20)43-23-15-12-21(13-16-23)34-30(37)24-10-4-8-19-9-5-11-25(28(19)24)32(39)40/h1-18,29,36H,(H,34,37)(H,35,38)(H,39,40)(H,41,42). The average Bonchev–Trinajstić information content (AvgIpc) is 3.01. The fourth-order valence-electron chi connectivity index (χ4n) is 4.55. The van der Waals surface area contributed by atoms with Crippen molar-refractivity contribution in [2.75, 3.05) is 10.6 Å². The van der Waals surface area contributed by atoms with Gasteiger partial charge in [-0.05, 0) is 65.5 Å². The summed E-state index contributed by atoms with van der Waals surface area (Å²) >= 11 is 1.26. The van der Waals surface area contributed by atoms with E-state index in [1.807, 2.05) is 6.07 Å². The van der Waals surface area contributed by atoms with Gasteiger partial charge in [-0.1, -0.05) is 54.6 Å². The van der Waals surface area contributed by atoms with Crippen molar-refractivity contribution in [3.8, 4) is 5.75 Å². The third kappa shape index (κ3) is 6.50. The van der Waals surface area contributed by atoms with E-state index < -0.39 is 34.8 Å². The van der Waals surface area contributed by atoms with E-state index >= 15 is 0 Å². The highest BCUT2D eigenvalue weighted by atomic mass is 32.2. The Hall–Kier alpha value is -5.61. The molecule has 5 aromatic rings. The third-order valence-corrected chi connectivity index (χ3v) is 7.85. The van der Waals surface area contributed by atoms with Crippen molar-refractivity contribution in [3.05, 3.63) is 131 Å². The molecule has 5 N–H and O–H groups in total. The predicted octanol–water partition coefficient (Wildman–Crippen LogP) is 6.67. The molecule has 0 spiro atoms. The monoisotopic (exact) mass is 592 g/mol. The topological polar surface area (TPSA) is 153 Å². The van der Waals surface area contributed by atoms with Gasteiger partial charge in [0.05, 0.1) is 5.56 Å². The summed E-state index contributed by atoms with van der Waals surface area (Å²) in [6, 6.07) is 29.6. The first-order valence-electron chi connectivity index (χ1n) is 13.0. The van der Waals surface area contributed by atoms with Crippen LogP contribution < -0.4 is 10.6 Å². The molecular formula is C33H24N2O7S. The Balaban J connectivity index is 1.35. The second-order valence-corrected chi connectivity index (χ2v) is 10.6. The van der Waals surface area contributed by atoms with Crippen LogP contribution in [0, 0.1) is 0 Å². The summed E-state index contributed by atoms with van der Waals surface area (Å²) in [4.78, 5) is 50.5. The van der Waals surface area contributed by atoms with Gasteiger partial charge in [-0.3, -0.25) is 9.59 Å². The number of aromatic carboxylic acids is 2. The lowest BCUT2D eigenvalue weighted by atomic mass is 9.98. The second kappa shape index (κ2) is 12.5. The van der Waals surface area contributed by atoms with Gasteiger partial charge in [0.25, 0.3) is 5.91 Å². The van der Waals surface area contributed by atoms with Crippen molar-refractivity contribution >= 4 is 57.7 Å². The van der Waals surface area contributed by atoms with Crippen molar-refractivity contribution in [1.82, 2.24) is 0 Å². The molecule has 5 aromatic carbocycles. The van der Waals surface area contributed by atoms with Gasteiger partial charge in [0.2, 0.25) is 5.91 Å². The van der Waals surface area contributed by atoms with Gasteiger partial charge in [-0.15, -0.1) is 11.8 Å². The van der Waals surface area contributed by atoms with Crippen molar-refractivity contribution < 1.29 is 34.5 Å². The number of fused-ring (bicyclic) bond motifs is 1. The van der Waals surface area contributed by atoms with Crippen LogP contribution in [-0.4, -0.2) is 39.1 Å². The van der Waals surface area contributed by atoms with E-state index in [2.05, 4.69) is 10.6 Å². The number of hydrogen-bond acceptors (Lipinski definition) is 6. The summed E-state index contributed by atoms with van der Waals surface area (Å²) in [6.45, 7) is 0. The molecule has 0 aliphatic rings. The van der Waals surface area contributed by atoms with E-state index in [-0.39, 0.29) is 22.4 Å². The van der Waals surface area contributed by atoms with Gasteiger partial charge in [0.1, 0.15) is 16.6 Å². The lowest BCUT2D eigenvalue weighted by Gasteiger charge is -2.18. The molecule has 9 nitrogen and oxygen atoms in total. The summed E-state index contributed by atoms with van der Waals surface area (Å²) in [5.41, 5.74) is 1.35. The number of thioether (sulfide) groups is 1. The number of carboxylic acids is 2. The Bertz CT molecular complexity index is 1850. The number of nitrogens with one attached hydrogen (secondary N) is 2. The Morgan fingerprint density at radius 3 is 1.91 bits per heavy atom. The van der Waals surface area contributed by atoms with Crippen LogP contribution in [0.1, 0.15) is 41.9 Å². The first-order chi connectivity index (χ1) is 20.7. The number of aromatic hydroxyl groups is 1. The maximum atomic E-state index is 13.4. The molecule has 0 saturated heterocycles. The minimum Gasteiger partial charge on any atom is -0.507 e. The highest BCUT2D eigenvalue weighted by Crippen LogP contribution is 2.37. The molecule has 0 fully saturated rings. The van der Waals surface area contributed by atoms with Gasteiger partial charge < -0.3 is 26.0 Å². The summed E-state index contributed by atoms with van der Waals surface area (Å²) in [5, 5.41) is 34.6. The minimum atomic E-state index is -1.32. The molecule has 0 aliphatic heterocycles. The minimum absolute atomic E-state index is 0.0340. The van der Waals surface area contributed by atoms with Crippen LogP contribution in [-0.2, 0) is 4.79 Å². The van der Waals surface area contributed by atoms with Crippen molar-refractivity contribution in [2.45, 2.75) is 10.1 Å². The molecular weight excluding hydrogens is 568 g/mol. The van der Waals surface area contributed by atoms with Crippen LogP contribution >= 0.6 is 11.8 Å². The van der Waals surface area contributed by atoms with Crippen molar-refractivity contribution in [2.24, 2.45) is 0 Å². The maximum Gasteiger partial charge on any atom is 0.339 e. The summed E-state index contributed by atoms with van der Waals surface area (Å²) in [5.74, 6) is -3.72. The molecule has 0 saturated carbocycles. The van der Waals surface area contributed by atoms with Crippen LogP contribution in [0.5, 0.6) is 5.75 Å². The Morgan fingerprint density at radius 2 is 1.26 bits per heavy atom. The van der Waals surface area contributed by atoms with E-state index in [0.29, 0.717) is 22.0 Å². The molecule has 1 unspecified atom stereocenters. The van der Waals surface area contributed by atoms with Gasteiger partial charge in [-0.2, -0.15) is 0 Å². The lowest BCUT2D eigenvalue weighted by Crippen LogP contribution is -2.19. The molecule has 0 radical (unpaired) electrons. The molecule has 43 heavy (non-hydrogen) atoms. The van der Waals surface area contributed by atoms with Crippen LogP contribution in [0.4, 0.5) is 11.4 Å². The normalized spacial score (nSPS) is 11.4. The van der Waals surface area contributed by atoms with E-state index in [0.717, 1.165) is 4.90 Å². The zero-order chi connectivity index (χ0) is 30.5. The first kappa shape index (κ1) is 28.9. The SMILES string of the molecule is O=C(O)c1cc(NC(=O)C(Sc2ccc(NC(=O)c3cccc4cccc(C(=O)O)c34)cc2)c2ccccc2)ccc1O. The summed E-state index contributed by atoms with van der Waals surface area (Å²) in [6.07, 6.45) is 0. The molecule has 10 heteroatoms. The molecule has 0 aromatic heterocycles. The molecule has 0 heterocycles. The molecule has 0 aliphatic carbocycles. The Kier molecular flexibility index (Phi) is 8.40. The van der Waals surface area contributed by atoms with Crippen LogP contribution in [0.15, 0.2) is 114 Å². The summed E-state index contributed by atoms with van der Waals surface area (Å²) < 4.78 is 0. The number of carboxylic acid groups (broad SMARTS) is 2. The molecule has 2 amide bonds. The van der Waals surface area contributed by atoms with E-state index in [1.165, 1.54) is 36.0 Å².